The number of hydrogen-bond donors (Lipinski definition) is 1. The fraction of sp³-hybridized carbons (Fsp3) is 0.500. The van der Waals surface area contributed by atoms with Gasteiger partial charge in [0, 0.05) is 56.5 Å². The molecule has 0 radical (unpaired) electrons. The zero-order valence-corrected chi connectivity index (χ0v) is 17.6. The second-order valence-electron chi connectivity index (χ2n) is 7.82. The number of fused-ring (bicyclic) bond motifs is 4. The number of thioether (sulfide) groups is 1. The van der Waals surface area contributed by atoms with Gasteiger partial charge in [-0.25, -0.2) is 0 Å². The number of nitrogens with zero attached hydrogens (tertiary/aromatic N) is 3. The number of carbonyl (C=O) groups excluding carboxylic acids is 1. The third-order valence-electron chi connectivity index (χ3n) is 5.70. The van der Waals surface area contributed by atoms with Crippen LogP contribution in [0.4, 0.5) is 0 Å². The lowest BCUT2D eigenvalue weighted by atomic mass is 9.83. The van der Waals surface area contributed by atoms with E-state index < -0.39 is 5.97 Å². The highest BCUT2D eigenvalue weighted by molar-refractivity contribution is 8.26. The van der Waals surface area contributed by atoms with Crippen LogP contribution in [-0.2, 0) is 16.1 Å². The van der Waals surface area contributed by atoms with E-state index in [1.807, 2.05) is 22.9 Å². The van der Waals surface area contributed by atoms with Crippen molar-refractivity contribution in [2.75, 3.05) is 19.6 Å². The number of amides is 1. The molecule has 0 saturated carbocycles. The van der Waals surface area contributed by atoms with Crippen molar-refractivity contribution >= 4 is 40.2 Å². The number of carboxylic acid groups (broad SMARTS) is 1. The van der Waals surface area contributed by atoms with Crippen LogP contribution in [-0.4, -0.2) is 55.3 Å². The van der Waals surface area contributed by atoms with Crippen LogP contribution in [0.2, 0.25) is 0 Å². The minimum absolute atomic E-state index is 0.0643. The molecule has 1 aromatic rings. The molecule has 0 spiro atoms. The molecule has 1 amide bonds. The van der Waals surface area contributed by atoms with Crippen LogP contribution >= 0.6 is 24.0 Å². The Morgan fingerprint density at radius 2 is 2.07 bits per heavy atom. The zero-order valence-electron chi connectivity index (χ0n) is 16.0. The van der Waals surface area contributed by atoms with Gasteiger partial charge in [-0.05, 0) is 31.2 Å². The molecule has 2 fully saturated rings. The van der Waals surface area contributed by atoms with Gasteiger partial charge in [-0.3, -0.25) is 19.3 Å². The fourth-order valence-corrected chi connectivity index (χ4v) is 5.75. The number of hydrogen-bond acceptors (Lipinski definition) is 6. The van der Waals surface area contributed by atoms with Crippen LogP contribution in [0.15, 0.2) is 34.1 Å². The van der Waals surface area contributed by atoms with Gasteiger partial charge in [0.15, 0.2) is 0 Å². The number of unbranched alkanes of at least 4 members (excludes halogenated alkanes) is 1. The molecule has 0 unspecified atom stereocenters. The fourth-order valence-electron chi connectivity index (χ4n) is 4.43. The van der Waals surface area contributed by atoms with E-state index in [1.165, 1.54) is 11.8 Å². The Balaban J connectivity index is 1.43. The number of rotatable bonds is 6. The van der Waals surface area contributed by atoms with Gasteiger partial charge >= 0.3 is 5.97 Å². The molecule has 0 aromatic carbocycles. The second-order valence-corrected chi connectivity index (χ2v) is 9.50. The summed E-state index contributed by atoms with van der Waals surface area (Å²) in [4.78, 5) is 39.9. The second kappa shape index (κ2) is 8.31. The summed E-state index contributed by atoms with van der Waals surface area (Å²) in [5, 5.41) is 8.73. The van der Waals surface area contributed by atoms with Crippen molar-refractivity contribution in [1.82, 2.24) is 14.4 Å². The van der Waals surface area contributed by atoms with Crippen molar-refractivity contribution in [2.45, 2.75) is 38.1 Å². The van der Waals surface area contributed by atoms with Crippen molar-refractivity contribution in [3.63, 3.8) is 0 Å². The SMILES string of the molecule is O=C(O)CCCCN1C(=O)C(=CN2C[C@@H]3C[C@@H](C2)c2cccc(=O)n2C3)SC1=S. The highest BCUT2D eigenvalue weighted by Crippen LogP contribution is 2.37. The van der Waals surface area contributed by atoms with Gasteiger partial charge in [0.1, 0.15) is 4.32 Å². The molecule has 29 heavy (non-hydrogen) atoms. The molecular weight excluding hydrogens is 410 g/mol. The Morgan fingerprint density at radius 3 is 2.86 bits per heavy atom. The quantitative estimate of drug-likeness (QED) is 0.418. The number of thiocarbonyl (C=S) groups is 1. The molecule has 2 bridgehead atoms. The summed E-state index contributed by atoms with van der Waals surface area (Å²) in [7, 11) is 0. The minimum Gasteiger partial charge on any atom is -0.481 e. The van der Waals surface area contributed by atoms with Gasteiger partial charge in [0.05, 0.1) is 4.91 Å². The van der Waals surface area contributed by atoms with Crippen LogP contribution in [0, 0.1) is 5.92 Å². The number of piperidine rings is 1. The first-order valence-electron chi connectivity index (χ1n) is 9.83. The first-order chi connectivity index (χ1) is 13.9. The molecule has 1 aromatic heterocycles. The van der Waals surface area contributed by atoms with Crippen LogP contribution < -0.4 is 5.56 Å². The number of aliphatic carboxylic acids is 1. The molecule has 4 rings (SSSR count). The third-order valence-corrected chi connectivity index (χ3v) is 7.07. The molecule has 3 aliphatic heterocycles. The number of pyridine rings is 1. The van der Waals surface area contributed by atoms with Gasteiger partial charge in [0.25, 0.3) is 11.5 Å². The van der Waals surface area contributed by atoms with Gasteiger partial charge < -0.3 is 14.6 Å². The van der Waals surface area contributed by atoms with Crippen LogP contribution in [0.1, 0.15) is 37.3 Å². The molecule has 2 atom stereocenters. The summed E-state index contributed by atoms with van der Waals surface area (Å²) in [5.41, 5.74) is 1.15. The largest absolute Gasteiger partial charge is 0.481 e. The van der Waals surface area contributed by atoms with Crippen molar-refractivity contribution < 1.29 is 14.7 Å². The summed E-state index contributed by atoms with van der Waals surface area (Å²) in [6.45, 7) is 2.78. The Morgan fingerprint density at radius 1 is 1.24 bits per heavy atom. The van der Waals surface area contributed by atoms with Gasteiger partial charge in [-0.15, -0.1) is 0 Å². The summed E-state index contributed by atoms with van der Waals surface area (Å²) < 4.78 is 2.43. The summed E-state index contributed by atoms with van der Waals surface area (Å²) in [5.74, 6) is -0.245. The molecule has 3 aliphatic rings. The topological polar surface area (TPSA) is 82.8 Å². The Kier molecular flexibility index (Phi) is 5.78. The molecule has 154 valence electrons. The highest BCUT2D eigenvalue weighted by Gasteiger charge is 2.36. The average Bonchev–Trinajstić information content (AvgIpc) is 2.93. The number of carbonyl (C=O) groups is 2. The lowest BCUT2D eigenvalue weighted by Gasteiger charge is -2.42. The molecule has 9 heteroatoms. The maximum Gasteiger partial charge on any atom is 0.303 e. The number of carboxylic acids is 1. The Labute approximate surface area is 178 Å². The summed E-state index contributed by atoms with van der Waals surface area (Å²) >= 11 is 6.68. The van der Waals surface area contributed by atoms with Crippen LogP contribution in [0.3, 0.4) is 0 Å². The van der Waals surface area contributed by atoms with E-state index in [2.05, 4.69) is 4.90 Å². The number of aromatic nitrogens is 1. The minimum atomic E-state index is -0.824. The van der Waals surface area contributed by atoms with E-state index in [1.54, 1.807) is 11.0 Å². The monoisotopic (exact) mass is 433 g/mol. The van der Waals surface area contributed by atoms with E-state index >= 15 is 0 Å². The van der Waals surface area contributed by atoms with E-state index in [0.717, 1.165) is 31.7 Å². The lowest BCUT2D eigenvalue weighted by Crippen LogP contribution is -2.45. The maximum absolute atomic E-state index is 12.8. The van der Waals surface area contributed by atoms with E-state index in [0.29, 0.717) is 34.5 Å². The number of likely N-dealkylation sites (tertiary alicyclic amines) is 1. The standard InChI is InChI=1S/C20H23N3O4S2/c24-17-5-3-4-15-14-8-13(10-23(15)17)9-21(11-14)12-16-19(27)22(20(28)29-16)7-2-1-6-18(25)26/h3-5,12-14H,1-2,6-11H2,(H,25,26)/t13-,14-/m0/s1. The molecule has 7 nitrogen and oxygen atoms in total. The maximum atomic E-state index is 12.8. The van der Waals surface area contributed by atoms with Crippen LogP contribution in [0.25, 0.3) is 0 Å². The molecule has 0 aliphatic carbocycles. The first-order valence-corrected chi connectivity index (χ1v) is 11.1. The van der Waals surface area contributed by atoms with Gasteiger partial charge in [0.2, 0.25) is 0 Å². The summed E-state index contributed by atoms with van der Waals surface area (Å²) in [6.07, 6.45) is 4.24. The van der Waals surface area contributed by atoms with Crippen molar-refractivity contribution in [3.8, 4) is 0 Å². The van der Waals surface area contributed by atoms with Crippen LogP contribution in [0.5, 0.6) is 0 Å². The predicted octanol–water partition coefficient (Wildman–Crippen LogP) is 2.22. The highest BCUT2D eigenvalue weighted by atomic mass is 32.2. The normalized spacial score (nSPS) is 24.9. The third kappa shape index (κ3) is 4.25. The van der Waals surface area contributed by atoms with Gasteiger partial charge in [-0.1, -0.05) is 30.0 Å². The average molecular weight is 434 g/mol. The Bertz CT molecular complexity index is 942. The van der Waals surface area contributed by atoms with E-state index in [-0.39, 0.29) is 23.8 Å². The Hall–Kier alpha value is -2.13. The lowest BCUT2D eigenvalue weighted by molar-refractivity contribution is -0.137. The first kappa shape index (κ1) is 20.2. The van der Waals surface area contributed by atoms with E-state index in [4.69, 9.17) is 17.3 Å². The van der Waals surface area contributed by atoms with Crippen molar-refractivity contribution in [1.29, 1.82) is 0 Å². The van der Waals surface area contributed by atoms with Gasteiger partial charge in [-0.2, -0.15) is 0 Å². The molecule has 2 saturated heterocycles. The van der Waals surface area contributed by atoms with E-state index in [9.17, 15) is 14.4 Å². The molecular formula is C20H23N3O4S2. The molecule has 4 heterocycles. The smallest absolute Gasteiger partial charge is 0.303 e. The predicted molar refractivity (Wildman–Crippen MR) is 115 cm³/mol. The summed E-state index contributed by atoms with van der Waals surface area (Å²) in [6, 6.07) is 5.47. The molecule has 1 N–H and O–H groups in total. The van der Waals surface area contributed by atoms with Crippen molar-refractivity contribution in [3.05, 3.63) is 45.4 Å². The zero-order chi connectivity index (χ0) is 20.5. The van der Waals surface area contributed by atoms with Crippen molar-refractivity contribution in [2.24, 2.45) is 5.92 Å².